The highest BCUT2D eigenvalue weighted by Gasteiger charge is 2.32. The van der Waals surface area contributed by atoms with Crippen molar-refractivity contribution >= 4 is 33.3 Å². The molecule has 0 spiro atoms. The first-order chi connectivity index (χ1) is 14.2. The minimum atomic E-state index is -0.227. The highest BCUT2D eigenvalue weighted by atomic mass is 32.1. The van der Waals surface area contributed by atoms with Crippen molar-refractivity contribution in [3.8, 4) is 0 Å². The van der Waals surface area contributed by atoms with Gasteiger partial charge in [0.1, 0.15) is 17.0 Å². The molecule has 0 aromatic carbocycles. The Hall–Kier alpha value is -1.77. The first-order valence-electron chi connectivity index (χ1n) is 10.8. The second-order valence-electron chi connectivity index (χ2n) is 8.55. The van der Waals surface area contributed by atoms with E-state index in [0.29, 0.717) is 18.5 Å². The van der Waals surface area contributed by atoms with Crippen molar-refractivity contribution in [2.75, 3.05) is 31.6 Å². The molecule has 5 rings (SSSR count). The summed E-state index contributed by atoms with van der Waals surface area (Å²) in [5.41, 5.74) is 6.78. The summed E-state index contributed by atoms with van der Waals surface area (Å²) in [6, 6.07) is 1.13. The maximum atomic E-state index is 11.6. The number of aromatic nitrogens is 2. The summed E-state index contributed by atoms with van der Waals surface area (Å²) >= 11 is 1.75. The van der Waals surface area contributed by atoms with E-state index in [1.807, 2.05) is 0 Å². The maximum absolute atomic E-state index is 11.6. The topological polar surface area (TPSA) is 93.4 Å². The molecule has 2 aliphatic carbocycles. The van der Waals surface area contributed by atoms with Gasteiger partial charge in [0, 0.05) is 36.5 Å². The first-order valence-corrected chi connectivity index (χ1v) is 11.6. The normalized spacial score (nSPS) is 27.8. The van der Waals surface area contributed by atoms with Crippen LogP contribution in [0.5, 0.6) is 0 Å². The lowest BCUT2D eigenvalue weighted by molar-refractivity contribution is -0.118. The van der Waals surface area contributed by atoms with Gasteiger partial charge in [-0.05, 0) is 50.0 Å². The molecule has 29 heavy (non-hydrogen) atoms. The van der Waals surface area contributed by atoms with Gasteiger partial charge in [-0.15, -0.1) is 11.3 Å². The summed E-state index contributed by atoms with van der Waals surface area (Å²) in [7, 11) is 0. The Morgan fingerprint density at radius 3 is 2.76 bits per heavy atom. The van der Waals surface area contributed by atoms with Crippen molar-refractivity contribution in [3.63, 3.8) is 0 Å². The summed E-state index contributed by atoms with van der Waals surface area (Å²) in [4.78, 5) is 25.7. The molecule has 0 radical (unpaired) electrons. The largest absolute Gasteiger partial charge is 0.379 e. The average molecular weight is 416 g/mol. The number of hydrogen-bond acceptors (Lipinski definition) is 7. The quantitative estimate of drug-likeness (QED) is 0.780. The number of carbonyl (C=O) groups is 1. The van der Waals surface area contributed by atoms with E-state index in [9.17, 15) is 4.79 Å². The van der Waals surface area contributed by atoms with Crippen molar-refractivity contribution in [3.05, 3.63) is 16.8 Å². The van der Waals surface area contributed by atoms with Gasteiger partial charge in [0.15, 0.2) is 0 Å². The van der Waals surface area contributed by atoms with Gasteiger partial charge in [-0.2, -0.15) is 0 Å². The van der Waals surface area contributed by atoms with Crippen LogP contribution >= 0.6 is 11.3 Å². The van der Waals surface area contributed by atoms with Crippen molar-refractivity contribution in [1.82, 2.24) is 14.9 Å². The predicted molar refractivity (Wildman–Crippen MR) is 114 cm³/mol. The van der Waals surface area contributed by atoms with Crippen LogP contribution < -0.4 is 11.1 Å². The van der Waals surface area contributed by atoms with Crippen LogP contribution in [0, 0.1) is 0 Å². The predicted octanol–water partition coefficient (Wildman–Crippen LogP) is 2.65. The number of nitrogens with zero attached hydrogens (tertiary/aromatic N) is 3. The molecule has 1 saturated carbocycles. The molecule has 1 amide bonds. The second kappa shape index (κ2) is 8.16. The molecule has 0 unspecified atom stereocenters. The van der Waals surface area contributed by atoms with Crippen LogP contribution in [0.25, 0.3) is 10.2 Å². The fourth-order valence-electron chi connectivity index (χ4n) is 5.35. The van der Waals surface area contributed by atoms with Crippen molar-refractivity contribution < 1.29 is 9.53 Å². The van der Waals surface area contributed by atoms with Crippen LogP contribution in [0.3, 0.4) is 0 Å². The molecule has 2 aromatic heterocycles. The van der Waals surface area contributed by atoms with Gasteiger partial charge in [-0.25, -0.2) is 9.97 Å². The van der Waals surface area contributed by atoms with E-state index in [2.05, 4.69) is 20.2 Å². The number of ether oxygens (including phenoxy) is 1. The van der Waals surface area contributed by atoms with Crippen molar-refractivity contribution in [2.45, 2.75) is 62.9 Å². The molecule has 2 fully saturated rings. The molecule has 3 heterocycles. The number of amides is 1. The van der Waals surface area contributed by atoms with Crippen LogP contribution in [0.15, 0.2) is 6.33 Å². The minimum Gasteiger partial charge on any atom is -0.379 e. The third-order valence-corrected chi connectivity index (χ3v) is 7.95. The van der Waals surface area contributed by atoms with E-state index in [4.69, 9.17) is 10.5 Å². The Kier molecular flexibility index (Phi) is 5.41. The number of nitrogens with one attached hydrogen (secondary N) is 1. The molecule has 1 atom stereocenters. The summed E-state index contributed by atoms with van der Waals surface area (Å²) in [6.45, 7) is 3.87. The molecule has 0 bridgehead atoms. The van der Waals surface area contributed by atoms with E-state index < -0.39 is 0 Å². The highest BCUT2D eigenvalue weighted by Crippen LogP contribution is 2.46. The average Bonchev–Trinajstić information content (AvgIpc) is 3.29. The lowest BCUT2D eigenvalue weighted by Crippen LogP contribution is -2.46. The molecular weight excluding hydrogens is 386 g/mol. The first kappa shape index (κ1) is 19.2. The number of hydrogen-bond donors (Lipinski definition) is 2. The molecule has 1 saturated heterocycles. The van der Waals surface area contributed by atoms with Gasteiger partial charge < -0.3 is 15.8 Å². The van der Waals surface area contributed by atoms with E-state index in [1.54, 1.807) is 17.7 Å². The van der Waals surface area contributed by atoms with Crippen LogP contribution in [0.1, 0.15) is 54.9 Å². The second-order valence-corrected chi connectivity index (χ2v) is 9.63. The SMILES string of the molecule is NC(=O)C[C@H]1CCc2sc3ncnc(NC4CCC(N5CCOCC5)CC4)c3c21. The Labute approximate surface area is 175 Å². The summed E-state index contributed by atoms with van der Waals surface area (Å²) < 4.78 is 5.50. The zero-order valence-corrected chi connectivity index (χ0v) is 17.5. The van der Waals surface area contributed by atoms with E-state index in [1.165, 1.54) is 23.3 Å². The zero-order valence-electron chi connectivity index (χ0n) is 16.7. The fourth-order valence-corrected chi connectivity index (χ4v) is 6.59. The smallest absolute Gasteiger partial charge is 0.218 e. The lowest BCUT2D eigenvalue weighted by atomic mass is 9.89. The minimum absolute atomic E-state index is 0.208. The molecule has 3 N–H and O–H groups in total. The van der Waals surface area contributed by atoms with Gasteiger partial charge in [0.2, 0.25) is 5.91 Å². The lowest BCUT2D eigenvalue weighted by Gasteiger charge is -2.39. The van der Waals surface area contributed by atoms with Gasteiger partial charge in [-0.1, -0.05) is 0 Å². The Morgan fingerprint density at radius 2 is 2.00 bits per heavy atom. The standard InChI is InChI=1S/C21H29N5O2S/c22-17(27)11-13-1-6-16-18(13)19-20(23-12-24-21(19)29-16)25-14-2-4-15(5-3-14)26-7-9-28-10-8-26/h12-15H,1-11H2,(H2,22,27)(H,23,24,25)/t13-,14?,15?/m1/s1. The number of nitrogens with two attached hydrogens (primary N) is 1. The Balaban J connectivity index is 1.32. The van der Waals surface area contributed by atoms with Gasteiger partial charge in [-0.3, -0.25) is 9.69 Å². The number of primary amides is 1. The van der Waals surface area contributed by atoms with Gasteiger partial charge in [0.25, 0.3) is 0 Å². The number of anilines is 1. The van der Waals surface area contributed by atoms with E-state index in [-0.39, 0.29) is 11.8 Å². The monoisotopic (exact) mass is 415 g/mol. The van der Waals surface area contributed by atoms with E-state index >= 15 is 0 Å². The van der Waals surface area contributed by atoms with Crippen LogP contribution in [-0.2, 0) is 16.0 Å². The number of rotatable bonds is 5. The third kappa shape index (κ3) is 3.85. The number of carbonyl (C=O) groups excluding carboxylic acids is 1. The molecule has 2 aromatic rings. The van der Waals surface area contributed by atoms with Crippen molar-refractivity contribution in [1.29, 1.82) is 0 Å². The third-order valence-electron chi connectivity index (χ3n) is 6.78. The number of fused-ring (bicyclic) bond motifs is 3. The van der Waals surface area contributed by atoms with Crippen LogP contribution in [0.2, 0.25) is 0 Å². The molecular formula is C21H29N5O2S. The number of thiophene rings is 1. The van der Waals surface area contributed by atoms with E-state index in [0.717, 1.165) is 68.0 Å². The Morgan fingerprint density at radius 1 is 1.21 bits per heavy atom. The molecule has 7 nitrogen and oxygen atoms in total. The molecule has 156 valence electrons. The van der Waals surface area contributed by atoms with Crippen LogP contribution in [0.4, 0.5) is 5.82 Å². The van der Waals surface area contributed by atoms with Gasteiger partial charge >= 0.3 is 0 Å². The van der Waals surface area contributed by atoms with Gasteiger partial charge in [0.05, 0.1) is 18.6 Å². The fraction of sp³-hybridized carbons (Fsp3) is 0.667. The summed E-state index contributed by atoms with van der Waals surface area (Å²) in [6.07, 6.45) is 8.85. The number of aryl methyl sites for hydroxylation is 1. The maximum Gasteiger partial charge on any atom is 0.218 e. The number of morpholine rings is 1. The molecule has 1 aliphatic heterocycles. The Bertz CT molecular complexity index is 887. The summed E-state index contributed by atoms with van der Waals surface area (Å²) in [5, 5.41) is 4.86. The van der Waals surface area contributed by atoms with Crippen molar-refractivity contribution in [2.24, 2.45) is 5.73 Å². The highest BCUT2D eigenvalue weighted by molar-refractivity contribution is 7.19. The zero-order chi connectivity index (χ0) is 19.8. The molecule has 3 aliphatic rings. The molecule has 8 heteroatoms. The van der Waals surface area contributed by atoms with Crippen LogP contribution in [-0.4, -0.2) is 59.2 Å². The summed E-state index contributed by atoms with van der Waals surface area (Å²) in [5.74, 6) is 0.925.